The molecule has 2 unspecified atom stereocenters. The lowest BCUT2D eigenvalue weighted by Gasteiger charge is -2.37. The highest BCUT2D eigenvalue weighted by atomic mass is 16.5. The fourth-order valence-electron chi connectivity index (χ4n) is 4.06. The van der Waals surface area contributed by atoms with Crippen LogP contribution >= 0.6 is 0 Å². The number of benzene rings is 2. The fraction of sp³-hybridized carbons (Fsp3) is 0.292. The first-order valence-electron chi connectivity index (χ1n) is 10.3. The Morgan fingerprint density at radius 2 is 1.83 bits per heavy atom. The summed E-state index contributed by atoms with van der Waals surface area (Å²) in [6, 6.07) is 18.0. The Kier molecular flexibility index (Phi) is 4.83. The van der Waals surface area contributed by atoms with Gasteiger partial charge in [0.15, 0.2) is 17.3 Å². The Balaban J connectivity index is 1.54. The predicted octanol–water partition coefficient (Wildman–Crippen LogP) is 5.32. The van der Waals surface area contributed by atoms with Crippen molar-refractivity contribution < 1.29 is 18.6 Å². The molecular weight excluding hydrogens is 380 g/mol. The SMILES string of the molecule is CCOc1ccc(C2=NN3C(C2)c2cccc(OCC)c2OC3c2ccco2)cc1. The van der Waals surface area contributed by atoms with E-state index in [4.69, 9.17) is 23.7 Å². The van der Waals surface area contributed by atoms with Gasteiger partial charge in [0.1, 0.15) is 5.75 Å². The molecule has 5 rings (SSSR count). The lowest BCUT2D eigenvalue weighted by molar-refractivity contribution is -0.0344. The third kappa shape index (κ3) is 3.18. The third-order valence-electron chi connectivity index (χ3n) is 5.37. The minimum absolute atomic E-state index is 0.0471. The summed E-state index contributed by atoms with van der Waals surface area (Å²) >= 11 is 0. The maximum atomic E-state index is 6.39. The molecule has 0 N–H and O–H groups in total. The monoisotopic (exact) mass is 404 g/mol. The Hall–Kier alpha value is -3.41. The van der Waals surface area contributed by atoms with Crippen LogP contribution in [0.15, 0.2) is 70.4 Å². The average Bonchev–Trinajstić information content (AvgIpc) is 3.45. The molecule has 2 aliphatic rings. The molecule has 0 radical (unpaired) electrons. The van der Waals surface area contributed by atoms with Crippen LogP contribution in [-0.4, -0.2) is 23.9 Å². The van der Waals surface area contributed by atoms with Crippen molar-refractivity contribution in [1.29, 1.82) is 0 Å². The zero-order valence-corrected chi connectivity index (χ0v) is 17.1. The lowest BCUT2D eigenvalue weighted by atomic mass is 9.96. The van der Waals surface area contributed by atoms with Crippen LogP contribution in [0.2, 0.25) is 0 Å². The fourth-order valence-corrected chi connectivity index (χ4v) is 4.06. The zero-order valence-electron chi connectivity index (χ0n) is 17.1. The first kappa shape index (κ1) is 18.6. The second kappa shape index (κ2) is 7.78. The first-order valence-corrected chi connectivity index (χ1v) is 10.3. The van der Waals surface area contributed by atoms with Crippen LogP contribution in [-0.2, 0) is 0 Å². The van der Waals surface area contributed by atoms with Gasteiger partial charge in [-0.25, -0.2) is 5.01 Å². The number of furan rings is 1. The number of hydrogen-bond acceptors (Lipinski definition) is 6. The summed E-state index contributed by atoms with van der Waals surface area (Å²) in [6.45, 7) is 5.18. The molecule has 6 heteroatoms. The van der Waals surface area contributed by atoms with E-state index in [0.717, 1.165) is 40.5 Å². The van der Waals surface area contributed by atoms with Crippen molar-refractivity contribution in [1.82, 2.24) is 5.01 Å². The van der Waals surface area contributed by atoms with Crippen molar-refractivity contribution >= 4 is 5.71 Å². The third-order valence-corrected chi connectivity index (χ3v) is 5.37. The van der Waals surface area contributed by atoms with Crippen molar-refractivity contribution in [3.63, 3.8) is 0 Å². The molecule has 0 amide bonds. The second-order valence-electron chi connectivity index (χ2n) is 7.20. The molecule has 0 saturated heterocycles. The summed E-state index contributed by atoms with van der Waals surface area (Å²) in [5.74, 6) is 3.10. The Morgan fingerprint density at radius 3 is 2.57 bits per heavy atom. The molecular formula is C24H24N2O4. The van der Waals surface area contributed by atoms with E-state index in [2.05, 4.69) is 18.2 Å². The highest BCUT2D eigenvalue weighted by Crippen LogP contribution is 2.50. The lowest BCUT2D eigenvalue weighted by Crippen LogP contribution is -2.33. The van der Waals surface area contributed by atoms with Gasteiger partial charge in [-0.2, -0.15) is 5.10 Å². The first-order chi connectivity index (χ1) is 14.8. The summed E-state index contributed by atoms with van der Waals surface area (Å²) < 4.78 is 23.5. The molecule has 3 heterocycles. The summed E-state index contributed by atoms with van der Waals surface area (Å²) in [7, 11) is 0. The van der Waals surface area contributed by atoms with Crippen LogP contribution in [0.1, 0.15) is 49.4 Å². The topological polar surface area (TPSA) is 56.4 Å². The van der Waals surface area contributed by atoms with Gasteiger partial charge >= 0.3 is 0 Å². The van der Waals surface area contributed by atoms with E-state index >= 15 is 0 Å². The molecule has 0 spiro atoms. The number of para-hydroxylation sites is 1. The van der Waals surface area contributed by atoms with Gasteiger partial charge in [0.25, 0.3) is 0 Å². The Bertz CT molecular complexity index is 1040. The summed E-state index contributed by atoms with van der Waals surface area (Å²) in [4.78, 5) is 0. The average molecular weight is 404 g/mol. The molecule has 0 bridgehead atoms. The van der Waals surface area contributed by atoms with E-state index in [-0.39, 0.29) is 6.04 Å². The van der Waals surface area contributed by atoms with Gasteiger partial charge in [0.2, 0.25) is 6.23 Å². The van der Waals surface area contributed by atoms with E-state index in [1.165, 1.54) is 0 Å². The molecule has 30 heavy (non-hydrogen) atoms. The van der Waals surface area contributed by atoms with E-state index < -0.39 is 6.23 Å². The van der Waals surface area contributed by atoms with Crippen molar-refractivity contribution in [2.75, 3.05) is 13.2 Å². The number of hydrogen-bond donors (Lipinski definition) is 0. The molecule has 6 nitrogen and oxygen atoms in total. The molecule has 2 atom stereocenters. The van der Waals surface area contributed by atoms with Gasteiger partial charge < -0.3 is 18.6 Å². The van der Waals surface area contributed by atoms with Gasteiger partial charge in [-0.05, 0) is 61.9 Å². The highest BCUT2D eigenvalue weighted by molar-refractivity contribution is 6.02. The summed E-state index contributed by atoms with van der Waals surface area (Å²) in [6.07, 6.45) is 1.99. The van der Waals surface area contributed by atoms with Gasteiger partial charge in [-0.3, -0.25) is 0 Å². The Labute approximate surface area is 175 Å². The quantitative estimate of drug-likeness (QED) is 0.557. The number of nitrogens with zero attached hydrogens (tertiary/aromatic N) is 2. The van der Waals surface area contributed by atoms with Crippen LogP contribution in [0.3, 0.4) is 0 Å². The number of fused-ring (bicyclic) bond motifs is 3. The van der Waals surface area contributed by atoms with E-state index in [0.29, 0.717) is 19.0 Å². The maximum Gasteiger partial charge on any atom is 0.246 e. The molecule has 0 saturated carbocycles. The maximum absolute atomic E-state index is 6.39. The van der Waals surface area contributed by atoms with Gasteiger partial charge in [0, 0.05) is 12.0 Å². The minimum Gasteiger partial charge on any atom is -0.494 e. The van der Waals surface area contributed by atoms with E-state index in [1.807, 2.05) is 55.3 Å². The number of hydrazone groups is 1. The van der Waals surface area contributed by atoms with Crippen LogP contribution in [0.5, 0.6) is 17.2 Å². The largest absolute Gasteiger partial charge is 0.494 e. The van der Waals surface area contributed by atoms with Crippen LogP contribution in [0, 0.1) is 0 Å². The predicted molar refractivity (Wildman–Crippen MR) is 113 cm³/mol. The molecule has 2 aromatic carbocycles. The minimum atomic E-state index is -0.445. The smallest absolute Gasteiger partial charge is 0.246 e. The number of ether oxygens (including phenoxy) is 3. The van der Waals surface area contributed by atoms with Gasteiger partial charge in [0.05, 0.1) is 31.2 Å². The molecule has 3 aromatic rings. The van der Waals surface area contributed by atoms with E-state index in [1.54, 1.807) is 6.26 Å². The second-order valence-corrected chi connectivity index (χ2v) is 7.20. The highest BCUT2D eigenvalue weighted by Gasteiger charge is 2.43. The normalized spacial score (nSPS) is 19.5. The molecule has 1 aromatic heterocycles. The van der Waals surface area contributed by atoms with Crippen LogP contribution in [0.25, 0.3) is 0 Å². The van der Waals surface area contributed by atoms with Crippen molar-refractivity contribution in [3.8, 4) is 17.2 Å². The molecule has 154 valence electrons. The van der Waals surface area contributed by atoms with Crippen LogP contribution < -0.4 is 14.2 Å². The van der Waals surface area contributed by atoms with Gasteiger partial charge in [-0.1, -0.05) is 12.1 Å². The Morgan fingerprint density at radius 1 is 1.00 bits per heavy atom. The summed E-state index contributed by atoms with van der Waals surface area (Å²) in [5, 5.41) is 6.95. The van der Waals surface area contributed by atoms with Crippen LogP contribution in [0.4, 0.5) is 0 Å². The molecule has 2 aliphatic heterocycles. The molecule has 0 fully saturated rings. The van der Waals surface area contributed by atoms with Crippen molar-refractivity contribution in [3.05, 3.63) is 77.7 Å². The molecule has 0 aliphatic carbocycles. The van der Waals surface area contributed by atoms with Crippen molar-refractivity contribution in [2.45, 2.75) is 32.5 Å². The van der Waals surface area contributed by atoms with E-state index in [9.17, 15) is 0 Å². The summed E-state index contributed by atoms with van der Waals surface area (Å²) in [5.41, 5.74) is 3.17. The van der Waals surface area contributed by atoms with Gasteiger partial charge in [-0.15, -0.1) is 0 Å². The number of rotatable bonds is 6. The standard InChI is InChI=1S/C24H24N2O4/c1-3-27-17-12-10-16(11-13-17)19-15-20-18-7-5-8-21(28-4-2)23(18)30-24(26(20)25-19)22-9-6-14-29-22/h5-14,20,24H,3-4,15H2,1-2H3. The van der Waals surface area contributed by atoms with Crippen molar-refractivity contribution in [2.24, 2.45) is 5.10 Å². The zero-order chi connectivity index (χ0) is 20.5.